The van der Waals surface area contributed by atoms with E-state index >= 15 is 0 Å². The van der Waals surface area contributed by atoms with Gasteiger partial charge in [0.05, 0.1) is 0 Å². The van der Waals surface area contributed by atoms with E-state index in [4.69, 9.17) is 5.11 Å². The fraction of sp³-hybridized carbons (Fsp3) is 1.00. The highest BCUT2D eigenvalue weighted by atomic mass is 19.4. The van der Waals surface area contributed by atoms with Crippen LogP contribution in [0.15, 0.2) is 0 Å². The van der Waals surface area contributed by atoms with Crippen LogP contribution in [0.5, 0.6) is 0 Å². The first kappa shape index (κ1) is 13.8. The summed E-state index contributed by atoms with van der Waals surface area (Å²) in [5.41, 5.74) is 0.0174. The Bertz CT molecular complexity index is 228. The molecule has 0 spiro atoms. The minimum atomic E-state index is -4.52. The molecule has 1 fully saturated rings. The third kappa shape index (κ3) is 3.63. The van der Waals surface area contributed by atoms with Crippen LogP contribution in [0.4, 0.5) is 13.2 Å². The van der Waals surface area contributed by atoms with Crippen molar-refractivity contribution in [1.29, 1.82) is 0 Å². The van der Waals surface area contributed by atoms with Crippen molar-refractivity contribution < 1.29 is 18.3 Å². The molecule has 2 N–H and O–H groups in total. The minimum Gasteiger partial charge on any atom is -0.382 e. The molecular weight excluding hydrogens is 219 g/mol. The summed E-state index contributed by atoms with van der Waals surface area (Å²) < 4.78 is 36.3. The van der Waals surface area contributed by atoms with E-state index in [1.54, 1.807) is 0 Å². The molecule has 5 heteroatoms. The molecule has 0 heterocycles. The van der Waals surface area contributed by atoms with Gasteiger partial charge in [0.1, 0.15) is 0 Å². The number of nitrogens with one attached hydrogen (secondary N) is 1. The zero-order valence-electron chi connectivity index (χ0n) is 9.77. The number of hydrogen-bond acceptors (Lipinski definition) is 2. The lowest BCUT2D eigenvalue weighted by Gasteiger charge is -2.39. The van der Waals surface area contributed by atoms with Crippen LogP contribution in [0.2, 0.25) is 0 Å². The highest BCUT2D eigenvalue weighted by Crippen LogP contribution is 2.35. The number of alkyl halides is 3. The Hall–Kier alpha value is -0.290. The van der Waals surface area contributed by atoms with Crippen molar-refractivity contribution in [3.8, 4) is 0 Å². The van der Waals surface area contributed by atoms with Crippen molar-refractivity contribution in [2.24, 2.45) is 5.41 Å². The van der Waals surface area contributed by atoms with Gasteiger partial charge in [0.2, 0.25) is 0 Å². The summed E-state index contributed by atoms with van der Waals surface area (Å²) in [6.45, 7) is 3.71. The van der Waals surface area contributed by atoms with Gasteiger partial charge in [-0.1, -0.05) is 26.7 Å². The Kier molecular flexibility index (Phi) is 4.23. The van der Waals surface area contributed by atoms with Gasteiger partial charge in [-0.05, 0) is 18.3 Å². The first-order chi connectivity index (χ1) is 7.23. The summed E-state index contributed by atoms with van der Waals surface area (Å²) in [5.74, 6) is 0. The van der Waals surface area contributed by atoms with Gasteiger partial charge in [0.15, 0.2) is 6.10 Å². The lowest BCUT2D eigenvalue weighted by Crippen LogP contribution is -2.49. The number of rotatable bonds is 3. The number of aliphatic hydroxyl groups is 1. The summed E-state index contributed by atoms with van der Waals surface area (Å²) in [5, 5.41) is 11.7. The molecule has 96 valence electrons. The third-order valence-electron chi connectivity index (χ3n) is 3.44. The lowest BCUT2D eigenvalue weighted by atomic mass is 9.73. The summed E-state index contributed by atoms with van der Waals surface area (Å²) in [6.07, 6.45) is -2.70. The quantitative estimate of drug-likeness (QED) is 0.793. The monoisotopic (exact) mass is 239 g/mol. The molecule has 1 saturated carbocycles. The van der Waals surface area contributed by atoms with Crippen molar-refractivity contribution in [3.05, 3.63) is 0 Å². The maximum atomic E-state index is 12.1. The van der Waals surface area contributed by atoms with Gasteiger partial charge in [-0.25, -0.2) is 0 Å². The molecule has 1 rings (SSSR count). The molecule has 0 radical (unpaired) electrons. The van der Waals surface area contributed by atoms with Crippen molar-refractivity contribution in [2.45, 2.75) is 57.9 Å². The summed E-state index contributed by atoms with van der Waals surface area (Å²) in [6, 6.07) is 0.0678. The largest absolute Gasteiger partial charge is 0.415 e. The number of aliphatic hydroxyl groups excluding tert-OH is 1. The molecule has 0 amide bonds. The standard InChI is InChI=1S/C11H20F3NO/c1-10(2)6-4-3-5-8(10)15-7-9(16)11(12,13)14/h8-9,15-16H,3-7H2,1-2H3. The molecule has 1 aliphatic carbocycles. The summed E-state index contributed by atoms with van der Waals surface area (Å²) in [7, 11) is 0. The van der Waals surface area contributed by atoms with Crippen molar-refractivity contribution >= 4 is 0 Å². The lowest BCUT2D eigenvalue weighted by molar-refractivity contribution is -0.202. The maximum absolute atomic E-state index is 12.1. The SMILES string of the molecule is CC1(C)CCCCC1NCC(O)C(F)(F)F. The van der Waals surface area contributed by atoms with Gasteiger partial charge in [0, 0.05) is 12.6 Å². The van der Waals surface area contributed by atoms with Crippen LogP contribution in [0.3, 0.4) is 0 Å². The first-order valence-electron chi connectivity index (χ1n) is 5.71. The first-order valence-corrected chi connectivity index (χ1v) is 5.71. The molecule has 0 saturated heterocycles. The van der Waals surface area contributed by atoms with E-state index in [0.717, 1.165) is 25.7 Å². The highest BCUT2D eigenvalue weighted by Gasteiger charge is 2.39. The van der Waals surface area contributed by atoms with Crippen molar-refractivity contribution in [3.63, 3.8) is 0 Å². The molecule has 0 aromatic carbocycles. The summed E-state index contributed by atoms with van der Waals surface area (Å²) >= 11 is 0. The third-order valence-corrected chi connectivity index (χ3v) is 3.44. The van der Waals surface area contributed by atoms with Crippen LogP contribution in [0.25, 0.3) is 0 Å². The van der Waals surface area contributed by atoms with Gasteiger partial charge in [0.25, 0.3) is 0 Å². The highest BCUT2D eigenvalue weighted by molar-refractivity contribution is 4.88. The fourth-order valence-electron chi connectivity index (χ4n) is 2.24. The van der Waals surface area contributed by atoms with Crippen molar-refractivity contribution in [1.82, 2.24) is 5.32 Å². The van der Waals surface area contributed by atoms with E-state index in [1.165, 1.54) is 0 Å². The molecule has 0 aromatic heterocycles. The second-order valence-electron chi connectivity index (χ2n) is 5.25. The molecule has 16 heavy (non-hydrogen) atoms. The second-order valence-corrected chi connectivity index (χ2v) is 5.25. The van der Waals surface area contributed by atoms with Gasteiger partial charge >= 0.3 is 6.18 Å². The van der Waals surface area contributed by atoms with Crippen LogP contribution >= 0.6 is 0 Å². The van der Waals surface area contributed by atoms with Gasteiger partial charge in [-0.2, -0.15) is 13.2 Å². The Morgan fingerprint density at radius 2 is 2.00 bits per heavy atom. The Morgan fingerprint density at radius 3 is 2.50 bits per heavy atom. The van der Waals surface area contributed by atoms with E-state index in [1.807, 2.05) is 0 Å². The van der Waals surface area contributed by atoms with E-state index in [2.05, 4.69) is 19.2 Å². The average molecular weight is 239 g/mol. The van der Waals surface area contributed by atoms with Gasteiger partial charge < -0.3 is 10.4 Å². The number of halogens is 3. The zero-order valence-corrected chi connectivity index (χ0v) is 9.77. The van der Waals surface area contributed by atoms with Crippen molar-refractivity contribution in [2.75, 3.05) is 6.54 Å². The molecule has 2 unspecified atom stereocenters. The molecule has 0 aromatic rings. The normalized spacial score (nSPS) is 27.8. The van der Waals surface area contributed by atoms with Gasteiger partial charge in [-0.15, -0.1) is 0 Å². The smallest absolute Gasteiger partial charge is 0.382 e. The minimum absolute atomic E-state index is 0.0174. The van der Waals surface area contributed by atoms with Crippen LogP contribution in [0, 0.1) is 5.41 Å². The van der Waals surface area contributed by atoms with Crippen LogP contribution in [-0.2, 0) is 0 Å². The van der Waals surface area contributed by atoms with E-state index in [-0.39, 0.29) is 11.5 Å². The molecule has 1 aliphatic rings. The van der Waals surface area contributed by atoms with E-state index in [9.17, 15) is 13.2 Å². The average Bonchev–Trinajstić information content (AvgIpc) is 2.13. The predicted octanol–water partition coefficient (Wildman–Crippen LogP) is 2.47. The van der Waals surface area contributed by atoms with E-state index in [0.29, 0.717) is 0 Å². The van der Waals surface area contributed by atoms with E-state index < -0.39 is 18.8 Å². The molecule has 0 aliphatic heterocycles. The Morgan fingerprint density at radius 1 is 1.38 bits per heavy atom. The van der Waals surface area contributed by atoms with Crippen LogP contribution in [0.1, 0.15) is 39.5 Å². The summed E-state index contributed by atoms with van der Waals surface area (Å²) in [4.78, 5) is 0. The fourth-order valence-corrected chi connectivity index (χ4v) is 2.24. The topological polar surface area (TPSA) is 32.3 Å². The molecule has 2 nitrogen and oxygen atoms in total. The number of hydrogen-bond donors (Lipinski definition) is 2. The predicted molar refractivity (Wildman–Crippen MR) is 56.1 cm³/mol. The second kappa shape index (κ2) is 4.92. The Labute approximate surface area is 94.2 Å². The van der Waals surface area contributed by atoms with Crippen LogP contribution < -0.4 is 5.32 Å². The molecular formula is C11H20F3NO. The van der Waals surface area contributed by atoms with Crippen LogP contribution in [-0.4, -0.2) is 30.0 Å². The van der Waals surface area contributed by atoms with Gasteiger partial charge in [-0.3, -0.25) is 0 Å². The molecule has 0 bridgehead atoms. The maximum Gasteiger partial charge on any atom is 0.415 e. The Balaban J connectivity index is 2.42. The molecule has 2 atom stereocenters. The zero-order chi connectivity index (χ0) is 12.4.